The highest BCUT2D eigenvalue weighted by Gasteiger charge is 2.53. The number of anilines is 1. The number of rotatable bonds is 7. The Balaban J connectivity index is 1.74. The molecule has 1 aliphatic carbocycles. The summed E-state index contributed by atoms with van der Waals surface area (Å²) in [6.45, 7) is 6.67. The average Bonchev–Trinajstić information content (AvgIpc) is 3.23. The topological polar surface area (TPSA) is 105 Å². The minimum Gasteiger partial charge on any atom is -0.492 e. The minimum absolute atomic E-state index is 0.0816. The zero-order chi connectivity index (χ0) is 23.0. The summed E-state index contributed by atoms with van der Waals surface area (Å²) in [6, 6.07) is 2.89. The van der Waals surface area contributed by atoms with Crippen LogP contribution in [0.25, 0.3) is 0 Å². The van der Waals surface area contributed by atoms with Crippen molar-refractivity contribution in [2.75, 3.05) is 25.1 Å². The van der Waals surface area contributed by atoms with Gasteiger partial charge in [-0.1, -0.05) is 0 Å². The Kier molecular flexibility index (Phi) is 6.16. The van der Waals surface area contributed by atoms with Gasteiger partial charge in [0.25, 0.3) is 0 Å². The predicted molar refractivity (Wildman–Crippen MR) is 111 cm³/mol. The molecule has 9 heteroatoms. The fourth-order valence-corrected chi connectivity index (χ4v) is 4.14. The van der Waals surface area contributed by atoms with Gasteiger partial charge in [-0.3, -0.25) is 9.59 Å². The molecule has 2 fully saturated rings. The highest BCUT2D eigenvalue weighted by atomic mass is 19.1. The lowest BCUT2D eigenvalue weighted by atomic mass is 9.96. The number of hydrogen-bond acceptors (Lipinski definition) is 6. The second kappa shape index (κ2) is 8.36. The molecule has 1 aromatic rings. The van der Waals surface area contributed by atoms with E-state index in [1.165, 1.54) is 13.2 Å². The van der Waals surface area contributed by atoms with E-state index in [0.29, 0.717) is 18.8 Å². The lowest BCUT2D eigenvalue weighted by Gasteiger charge is -2.28. The Hall–Kier alpha value is -2.84. The maximum atomic E-state index is 14.9. The van der Waals surface area contributed by atoms with Gasteiger partial charge in [-0.2, -0.15) is 0 Å². The number of methoxy groups -OCH3 is 1. The molecule has 0 unspecified atom stereocenters. The van der Waals surface area contributed by atoms with Crippen LogP contribution in [-0.2, 0) is 9.53 Å². The summed E-state index contributed by atoms with van der Waals surface area (Å²) < 4.78 is 25.5. The summed E-state index contributed by atoms with van der Waals surface area (Å²) in [6.07, 6.45) is 1.30. The smallest absolute Gasteiger partial charge is 0.408 e. The van der Waals surface area contributed by atoms with Gasteiger partial charge in [0.05, 0.1) is 18.4 Å². The number of hydrogen-bond donors (Lipinski definition) is 2. The molecule has 1 atom stereocenters. The fourth-order valence-electron chi connectivity index (χ4n) is 4.14. The Labute approximate surface area is 180 Å². The number of carboxylic acid groups (broad SMARTS) is 1. The molecular formula is C22H29FN2O6. The van der Waals surface area contributed by atoms with Crippen molar-refractivity contribution in [3.05, 3.63) is 23.5 Å². The molecule has 0 bridgehead atoms. The molecule has 2 N–H and O–H groups in total. The number of benzene rings is 1. The second-order valence-electron chi connectivity index (χ2n) is 9.19. The van der Waals surface area contributed by atoms with E-state index in [1.54, 1.807) is 6.07 Å². The molecule has 1 saturated carbocycles. The Bertz CT molecular complexity index is 891. The minimum atomic E-state index is -1.32. The number of amides is 1. The summed E-state index contributed by atoms with van der Waals surface area (Å²) in [7, 11) is 1.31. The van der Waals surface area contributed by atoms with E-state index in [-0.39, 0.29) is 22.8 Å². The highest BCUT2D eigenvalue weighted by molar-refractivity contribution is 6.06. The number of nitrogens with one attached hydrogen (secondary N) is 1. The number of Topliss-reactive ketones (excluding diaryl/α,β-unsaturated/α-hetero) is 1. The number of aliphatic carboxylic acids is 1. The van der Waals surface area contributed by atoms with Crippen molar-refractivity contribution in [2.45, 2.75) is 57.6 Å². The Morgan fingerprint density at radius 2 is 1.97 bits per heavy atom. The van der Waals surface area contributed by atoms with Crippen LogP contribution in [0, 0.1) is 11.7 Å². The quantitative estimate of drug-likeness (QED) is 0.499. The standard InChI is InChI=1S/C22H29FN2O6/c1-21(2,3)31-20(29)24-22(8-9-22)13-7-10-25(12-13)15-6-5-14(16(26)11-17(27)28)18(23)19(15)30-4/h5-6,13H,7-12H2,1-4H3,(H,24,29)(H,27,28)/t13-/m1/s1. The lowest BCUT2D eigenvalue weighted by Crippen LogP contribution is -2.45. The molecule has 0 aromatic heterocycles. The normalized spacial score (nSPS) is 19.6. The average molecular weight is 436 g/mol. The van der Waals surface area contributed by atoms with Crippen molar-refractivity contribution < 1.29 is 33.4 Å². The first kappa shape index (κ1) is 22.8. The molecule has 2 aliphatic rings. The largest absolute Gasteiger partial charge is 0.492 e. The van der Waals surface area contributed by atoms with E-state index < -0.39 is 35.7 Å². The number of carbonyl (C=O) groups is 3. The van der Waals surface area contributed by atoms with Crippen molar-refractivity contribution in [2.24, 2.45) is 5.92 Å². The van der Waals surface area contributed by atoms with Crippen molar-refractivity contribution in [1.82, 2.24) is 5.32 Å². The molecule has 1 amide bonds. The first-order valence-corrected chi connectivity index (χ1v) is 10.3. The number of halogens is 1. The Morgan fingerprint density at radius 3 is 2.52 bits per heavy atom. The summed E-state index contributed by atoms with van der Waals surface area (Å²) >= 11 is 0. The summed E-state index contributed by atoms with van der Waals surface area (Å²) in [5, 5.41) is 11.8. The maximum absolute atomic E-state index is 14.9. The molecule has 1 saturated heterocycles. The van der Waals surface area contributed by atoms with E-state index >= 15 is 0 Å². The van der Waals surface area contributed by atoms with Gasteiger partial charge in [0, 0.05) is 24.5 Å². The van der Waals surface area contributed by atoms with Crippen LogP contribution in [0.15, 0.2) is 12.1 Å². The first-order valence-electron chi connectivity index (χ1n) is 10.3. The summed E-state index contributed by atoms with van der Waals surface area (Å²) in [4.78, 5) is 37.0. The van der Waals surface area contributed by atoms with E-state index in [4.69, 9.17) is 14.6 Å². The molecule has 1 aromatic carbocycles. The van der Waals surface area contributed by atoms with Gasteiger partial charge in [0.2, 0.25) is 0 Å². The van der Waals surface area contributed by atoms with Crippen LogP contribution in [-0.4, -0.2) is 54.3 Å². The van der Waals surface area contributed by atoms with Gasteiger partial charge >= 0.3 is 12.1 Å². The summed E-state index contributed by atoms with van der Waals surface area (Å²) in [5.41, 5.74) is -0.696. The number of carbonyl (C=O) groups excluding carboxylic acids is 2. The van der Waals surface area contributed by atoms with Gasteiger partial charge < -0.3 is 24.8 Å². The molecule has 0 radical (unpaired) electrons. The predicted octanol–water partition coefficient (Wildman–Crippen LogP) is 3.38. The molecule has 1 heterocycles. The van der Waals surface area contributed by atoms with Gasteiger partial charge in [-0.15, -0.1) is 0 Å². The molecule has 31 heavy (non-hydrogen) atoms. The molecule has 0 spiro atoms. The van der Waals surface area contributed by atoms with Crippen LogP contribution < -0.4 is 15.0 Å². The number of nitrogens with zero attached hydrogens (tertiary/aromatic N) is 1. The van der Waals surface area contributed by atoms with Crippen LogP contribution in [0.4, 0.5) is 14.9 Å². The molecule has 1 aliphatic heterocycles. The lowest BCUT2D eigenvalue weighted by molar-refractivity contribution is -0.135. The van der Waals surface area contributed by atoms with Crippen molar-refractivity contribution in [1.29, 1.82) is 0 Å². The third kappa shape index (κ3) is 5.08. The van der Waals surface area contributed by atoms with Crippen molar-refractivity contribution in [3.63, 3.8) is 0 Å². The monoisotopic (exact) mass is 436 g/mol. The van der Waals surface area contributed by atoms with Gasteiger partial charge in [0.1, 0.15) is 12.0 Å². The SMILES string of the molecule is COc1c(N2CC[C@@H](C3(NC(=O)OC(C)(C)C)CC3)C2)ccc(C(=O)CC(=O)O)c1F. The zero-order valence-corrected chi connectivity index (χ0v) is 18.3. The molecule has 3 rings (SSSR count). The zero-order valence-electron chi connectivity index (χ0n) is 18.3. The molecule has 8 nitrogen and oxygen atoms in total. The van der Waals surface area contributed by atoms with Crippen LogP contribution in [0.2, 0.25) is 0 Å². The van der Waals surface area contributed by atoms with Crippen molar-refractivity contribution in [3.8, 4) is 5.75 Å². The van der Waals surface area contributed by atoms with Crippen LogP contribution in [0.5, 0.6) is 5.75 Å². The van der Waals surface area contributed by atoms with Crippen molar-refractivity contribution >= 4 is 23.5 Å². The third-order valence-electron chi connectivity index (χ3n) is 5.74. The molecule has 170 valence electrons. The number of alkyl carbamates (subject to hydrolysis) is 1. The second-order valence-corrected chi connectivity index (χ2v) is 9.19. The third-order valence-corrected chi connectivity index (χ3v) is 5.74. The van der Waals surface area contributed by atoms with Crippen LogP contribution >= 0.6 is 0 Å². The summed E-state index contributed by atoms with van der Waals surface area (Å²) in [5.74, 6) is -2.90. The van der Waals surface area contributed by atoms with E-state index in [2.05, 4.69) is 5.32 Å². The van der Waals surface area contributed by atoms with Gasteiger partial charge in [-0.05, 0) is 52.2 Å². The number of ketones is 1. The first-order chi connectivity index (χ1) is 14.5. The number of carboxylic acids is 1. The van der Waals surface area contributed by atoms with E-state index in [1.807, 2.05) is 25.7 Å². The highest BCUT2D eigenvalue weighted by Crippen LogP contribution is 2.48. The van der Waals surface area contributed by atoms with Gasteiger partial charge in [-0.25, -0.2) is 9.18 Å². The molecular weight excluding hydrogens is 407 g/mol. The fraction of sp³-hybridized carbons (Fsp3) is 0.591. The van der Waals surface area contributed by atoms with E-state index in [0.717, 1.165) is 19.3 Å². The van der Waals surface area contributed by atoms with Gasteiger partial charge in [0.15, 0.2) is 17.3 Å². The Morgan fingerprint density at radius 1 is 1.29 bits per heavy atom. The maximum Gasteiger partial charge on any atom is 0.408 e. The number of ether oxygens (including phenoxy) is 2. The van der Waals surface area contributed by atoms with Crippen LogP contribution in [0.1, 0.15) is 56.8 Å². The van der Waals surface area contributed by atoms with Crippen LogP contribution in [0.3, 0.4) is 0 Å². The van der Waals surface area contributed by atoms with E-state index in [9.17, 15) is 18.8 Å².